The highest BCUT2D eigenvalue weighted by atomic mass is 32.2. The van der Waals surface area contributed by atoms with Crippen molar-refractivity contribution in [2.24, 2.45) is 0 Å². The molecule has 0 aliphatic carbocycles. The second kappa shape index (κ2) is 6.13. The average molecular weight is 274 g/mol. The second-order valence-electron chi connectivity index (χ2n) is 4.20. The maximum atomic E-state index is 11.9. The molecule has 8 heteroatoms. The number of carbonyl (C=O) groups excluding carboxylic acids is 1. The molecular formula is C10H18N4O3S. The van der Waals surface area contributed by atoms with Gasteiger partial charge in [-0.05, 0) is 6.92 Å². The van der Waals surface area contributed by atoms with Crippen LogP contribution in [-0.4, -0.2) is 68.6 Å². The molecule has 0 bridgehead atoms. The van der Waals surface area contributed by atoms with Gasteiger partial charge in [-0.2, -0.15) is 9.57 Å². The van der Waals surface area contributed by atoms with Gasteiger partial charge in [-0.3, -0.25) is 4.79 Å². The summed E-state index contributed by atoms with van der Waals surface area (Å²) < 4.78 is 24.5. The van der Waals surface area contributed by atoms with Crippen LogP contribution in [0.5, 0.6) is 0 Å². The van der Waals surface area contributed by atoms with Gasteiger partial charge in [0.25, 0.3) is 0 Å². The van der Waals surface area contributed by atoms with E-state index >= 15 is 0 Å². The number of nitrogens with one attached hydrogen (secondary N) is 1. The van der Waals surface area contributed by atoms with E-state index in [0.29, 0.717) is 13.1 Å². The fourth-order valence-electron chi connectivity index (χ4n) is 1.63. The van der Waals surface area contributed by atoms with Gasteiger partial charge >= 0.3 is 0 Å². The van der Waals surface area contributed by atoms with Crippen molar-refractivity contribution in [1.82, 2.24) is 14.5 Å². The van der Waals surface area contributed by atoms with Gasteiger partial charge in [-0.1, -0.05) is 0 Å². The molecule has 0 radical (unpaired) electrons. The minimum absolute atomic E-state index is 0.214. The summed E-state index contributed by atoms with van der Waals surface area (Å²) in [4.78, 5) is 13.5. The Hall–Kier alpha value is -1.17. The van der Waals surface area contributed by atoms with Gasteiger partial charge in [0.2, 0.25) is 15.9 Å². The highest BCUT2D eigenvalue weighted by Gasteiger charge is 2.28. The van der Waals surface area contributed by atoms with Gasteiger partial charge < -0.3 is 10.2 Å². The van der Waals surface area contributed by atoms with Crippen molar-refractivity contribution in [2.45, 2.75) is 12.2 Å². The molecular weight excluding hydrogens is 256 g/mol. The van der Waals surface area contributed by atoms with Crippen molar-refractivity contribution < 1.29 is 13.2 Å². The molecule has 1 aliphatic rings. The van der Waals surface area contributed by atoms with Gasteiger partial charge in [-0.25, -0.2) is 8.42 Å². The van der Waals surface area contributed by atoms with Crippen molar-refractivity contribution in [3.8, 4) is 6.07 Å². The lowest BCUT2D eigenvalue weighted by molar-refractivity contribution is -0.131. The molecule has 1 rings (SSSR count). The molecule has 0 aromatic heterocycles. The average Bonchev–Trinajstić information content (AvgIpc) is 2.38. The number of rotatable bonds is 4. The first-order valence-electron chi connectivity index (χ1n) is 5.73. The molecule has 102 valence electrons. The zero-order valence-electron chi connectivity index (χ0n) is 10.6. The van der Waals surface area contributed by atoms with E-state index in [0.717, 1.165) is 17.4 Å². The smallest absolute Gasteiger partial charge is 0.237 e. The number of piperazine rings is 1. The minimum Gasteiger partial charge on any atom is -0.339 e. The lowest BCUT2D eigenvalue weighted by Crippen LogP contribution is -2.50. The van der Waals surface area contributed by atoms with Crippen molar-refractivity contribution >= 4 is 15.9 Å². The SMILES string of the molecule is CC(C#N)S(=O)(=O)N(C)CC(=O)N1CCNCC1. The summed E-state index contributed by atoms with van der Waals surface area (Å²) in [6, 6.07) is 1.67. The molecule has 18 heavy (non-hydrogen) atoms. The van der Waals surface area contributed by atoms with Crippen LogP contribution in [0.4, 0.5) is 0 Å². The monoisotopic (exact) mass is 274 g/mol. The van der Waals surface area contributed by atoms with Crippen molar-refractivity contribution in [1.29, 1.82) is 5.26 Å². The molecule has 0 aromatic rings. The predicted molar refractivity (Wildman–Crippen MR) is 66.1 cm³/mol. The molecule has 1 N–H and O–H groups in total. The summed E-state index contributed by atoms with van der Waals surface area (Å²) in [5, 5.41) is 10.6. The summed E-state index contributed by atoms with van der Waals surface area (Å²) in [5.74, 6) is -0.229. The summed E-state index contributed by atoms with van der Waals surface area (Å²) >= 11 is 0. The molecule has 0 saturated carbocycles. The molecule has 1 amide bonds. The molecule has 7 nitrogen and oxygen atoms in total. The summed E-state index contributed by atoms with van der Waals surface area (Å²) in [6.07, 6.45) is 0. The summed E-state index contributed by atoms with van der Waals surface area (Å²) in [7, 11) is -2.39. The summed E-state index contributed by atoms with van der Waals surface area (Å²) in [6.45, 7) is 3.70. The van der Waals surface area contributed by atoms with E-state index < -0.39 is 15.3 Å². The number of nitriles is 1. The van der Waals surface area contributed by atoms with E-state index in [9.17, 15) is 13.2 Å². The van der Waals surface area contributed by atoms with E-state index in [1.165, 1.54) is 14.0 Å². The van der Waals surface area contributed by atoms with Crippen LogP contribution in [0.3, 0.4) is 0 Å². The first-order valence-corrected chi connectivity index (χ1v) is 7.23. The maximum Gasteiger partial charge on any atom is 0.237 e. The quantitative estimate of drug-likeness (QED) is 0.680. The molecule has 0 spiro atoms. The molecule has 1 atom stereocenters. The van der Waals surface area contributed by atoms with Gasteiger partial charge in [0, 0.05) is 33.2 Å². The topological polar surface area (TPSA) is 93.5 Å². The van der Waals surface area contributed by atoms with Crippen LogP contribution in [0, 0.1) is 11.3 Å². The Morgan fingerprint density at radius 3 is 2.56 bits per heavy atom. The number of amides is 1. The number of likely N-dealkylation sites (N-methyl/N-ethyl adjacent to an activating group) is 1. The Kier molecular flexibility index (Phi) is 5.07. The molecule has 0 aromatic carbocycles. The van der Waals surface area contributed by atoms with Crippen LogP contribution < -0.4 is 5.32 Å². The highest BCUT2D eigenvalue weighted by Crippen LogP contribution is 2.06. The maximum absolute atomic E-state index is 11.9. The van der Waals surface area contributed by atoms with Crippen LogP contribution in [0.1, 0.15) is 6.92 Å². The lowest BCUT2D eigenvalue weighted by atomic mass is 10.3. The Morgan fingerprint density at radius 2 is 2.06 bits per heavy atom. The number of sulfonamides is 1. The van der Waals surface area contributed by atoms with Gasteiger partial charge in [0.05, 0.1) is 12.6 Å². The van der Waals surface area contributed by atoms with Gasteiger partial charge in [-0.15, -0.1) is 0 Å². The number of carbonyl (C=O) groups is 1. The van der Waals surface area contributed by atoms with Crippen molar-refractivity contribution in [3.05, 3.63) is 0 Å². The first-order chi connectivity index (χ1) is 8.39. The first kappa shape index (κ1) is 14.9. The Labute approximate surface area is 107 Å². The highest BCUT2D eigenvalue weighted by molar-refractivity contribution is 7.89. The third-order valence-corrected chi connectivity index (χ3v) is 4.89. The van der Waals surface area contributed by atoms with E-state index in [4.69, 9.17) is 5.26 Å². The number of hydrogen-bond acceptors (Lipinski definition) is 5. The van der Waals surface area contributed by atoms with E-state index in [1.54, 1.807) is 11.0 Å². The van der Waals surface area contributed by atoms with Gasteiger partial charge in [0.1, 0.15) is 0 Å². The molecule has 1 unspecified atom stereocenters. The zero-order chi connectivity index (χ0) is 13.8. The van der Waals surface area contributed by atoms with Gasteiger partial charge in [0.15, 0.2) is 5.25 Å². The van der Waals surface area contributed by atoms with Crippen molar-refractivity contribution in [2.75, 3.05) is 39.8 Å². The molecule has 1 fully saturated rings. The third-order valence-electron chi connectivity index (χ3n) is 2.89. The normalized spacial score (nSPS) is 18.4. The fourth-order valence-corrected chi connectivity index (χ4v) is 2.59. The Bertz CT molecular complexity index is 437. The number of nitrogens with zero attached hydrogens (tertiary/aromatic N) is 3. The minimum atomic E-state index is -3.71. The second-order valence-corrected chi connectivity index (χ2v) is 6.56. The fraction of sp³-hybridized carbons (Fsp3) is 0.800. The lowest BCUT2D eigenvalue weighted by Gasteiger charge is -2.29. The molecule has 1 aliphatic heterocycles. The van der Waals surface area contributed by atoms with Crippen LogP contribution in [0.2, 0.25) is 0 Å². The van der Waals surface area contributed by atoms with E-state index in [2.05, 4.69) is 5.32 Å². The largest absolute Gasteiger partial charge is 0.339 e. The standard InChI is InChI=1S/C10H18N4O3S/c1-9(7-11)18(16,17)13(2)8-10(15)14-5-3-12-4-6-14/h9,12H,3-6,8H2,1-2H3. The number of hydrogen-bond donors (Lipinski definition) is 1. The zero-order valence-corrected chi connectivity index (χ0v) is 11.4. The van der Waals surface area contributed by atoms with Crippen LogP contribution in [0.25, 0.3) is 0 Å². The van der Waals surface area contributed by atoms with E-state index in [1.807, 2.05) is 0 Å². The molecule has 1 heterocycles. The predicted octanol–water partition coefficient (Wildman–Crippen LogP) is -1.41. The third kappa shape index (κ3) is 3.41. The van der Waals surface area contributed by atoms with Crippen LogP contribution >= 0.6 is 0 Å². The summed E-state index contributed by atoms with van der Waals surface area (Å²) in [5.41, 5.74) is 0. The van der Waals surface area contributed by atoms with E-state index in [-0.39, 0.29) is 12.5 Å². The van der Waals surface area contributed by atoms with Crippen molar-refractivity contribution in [3.63, 3.8) is 0 Å². The van der Waals surface area contributed by atoms with Crippen LogP contribution in [-0.2, 0) is 14.8 Å². The van der Waals surface area contributed by atoms with Crippen LogP contribution in [0.15, 0.2) is 0 Å². The Balaban J connectivity index is 2.62. The molecule has 1 saturated heterocycles. The Morgan fingerprint density at radius 1 is 1.50 bits per heavy atom.